The van der Waals surface area contributed by atoms with E-state index < -0.39 is 0 Å². The van der Waals surface area contributed by atoms with Crippen LogP contribution < -0.4 is 0 Å². The van der Waals surface area contributed by atoms with E-state index in [2.05, 4.69) is 13.8 Å². The summed E-state index contributed by atoms with van der Waals surface area (Å²) >= 11 is 0. The quantitative estimate of drug-likeness (QED) is 0.0750. The van der Waals surface area contributed by atoms with Gasteiger partial charge in [-0.1, -0.05) is 232 Å². The van der Waals surface area contributed by atoms with Crippen molar-refractivity contribution in [1.82, 2.24) is 0 Å². The number of hydrogen-bond donors (Lipinski definition) is 1. The first-order chi connectivity index (χ1) is 19.8. The van der Waals surface area contributed by atoms with Crippen molar-refractivity contribution in [2.45, 2.75) is 239 Å². The standard InChI is InChI=1S/C39H80O/c1-3-5-7-9-11-13-15-17-19-21-23-25-27-29-31-33-35-39(37-38-40)36-34-32-30-28-26-24-22-20-18-16-14-12-10-8-6-4-2/h39-40H,3-38H2,1-2H3. The first-order valence-corrected chi connectivity index (χ1v) is 19.5. The zero-order valence-electron chi connectivity index (χ0n) is 28.5. The minimum absolute atomic E-state index is 0.391. The van der Waals surface area contributed by atoms with Gasteiger partial charge in [-0.3, -0.25) is 0 Å². The van der Waals surface area contributed by atoms with Crippen LogP contribution in [0.25, 0.3) is 0 Å². The second-order valence-corrected chi connectivity index (χ2v) is 13.6. The van der Waals surface area contributed by atoms with Crippen LogP contribution in [0.3, 0.4) is 0 Å². The molecule has 0 fully saturated rings. The maximum Gasteiger partial charge on any atom is 0.0433 e. The molecule has 0 rings (SSSR count). The Morgan fingerprint density at radius 2 is 0.475 bits per heavy atom. The number of aliphatic hydroxyl groups excluding tert-OH is 1. The van der Waals surface area contributed by atoms with E-state index in [1.807, 2.05) is 0 Å². The summed E-state index contributed by atoms with van der Waals surface area (Å²) < 4.78 is 0. The molecule has 0 aromatic rings. The summed E-state index contributed by atoms with van der Waals surface area (Å²) in [6, 6.07) is 0. The number of rotatable bonds is 36. The molecule has 0 aliphatic carbocycles. The van der Waals surface area contributed by atoms with Crippen LogP contribution in [-0.4, -0.2) is 11.7 Å². The van der Waals surface area contributed by atoms with Crippen LogP contribution in [0.2, 0.25) is 0 Å². The van der Waals surface area contributed by atoms with Gasteiger partial charge < -0.3 is 5.11 Å². The Bertz CT molecular complexity index is 383. The molecule has 0 aromatic carbocycles. The van der Waals surface area contributed by atoms with Crippen molar-refractivity contribution in [1.29, 1.82) is 0 Å². The van der Waals surface area contributed by atoms with Crippen LogP contribution in [0.1, 0.15) is 239 Å². The first-order valence-electron chi connectivity index (χ1n) is 19.5. The van der Waals surface area contributed by atoms with E-state index in [9.17, 15) is 5.11 Å². The normalized spacial score (nSPS) is 11.7. The molecule has 0 atom stereocenters. The summed E-state index contributed by atoms with van der Waals surface area (Å²) in [4.78, 5) is 0. The van der Waals surface area contributed by atoms with E-state index in [1.54, 1.807) is 0 Å². The lowest BCUT2D eigenvalue weighted by molar-refractivity contribution is 0.241. The topological polar surface area (TPSA) is 20.2 Å². The Balaban J connectivity index is 3.35. The lowest BCUT2D eigenvalue weighted by Crippen LogP contribution is -2.03. The van der Waals surface area contributed by atoms with E-state index in [1.165, 1.54) is 218 Å². The minimum atomic E-state index is 0.391. The molecule has 0 aliphatic heterocycles. The maximum atomic E-state index is 9.51. The van der Waals surface area contributed by atoms with Crippen molar-refractivity contribution in [2.24, 2.45) is 5.92 Å². The van der Waals surface area contributed by atoms with E-state index in [0.717, 1.165) is 12.3 Å². The van der Waals surface area contributed by atoms with Crippen molar-refractivity contribution in [3.05, 3.63) is 0 Å². The van der Waals surface area contributed by atoms with Gasteiger partial charge in [-0.25, -0.2) is 0 Å². The second-order valence-electron chi connectivity index (χ2n) is 13.6. The molecule has 0 radical (unpaired) electrons. The van der Waals surface area contributed by atoms with Gasteiger partial charge >= 0.3 is 0 Å². The summed E-state index contributed by atoms with van der Waals surface area (Å²) in [6.07, 6.45) is 50.0. The molecule has 0 heterocycles. The van der Waals surface area contributed by atoms with E-state index in [-0.39, 0.29) is 0 Å². The average Bonchev–Trinajstić information content (AvgIpc) is 2.96. The number of aliphatic hydroxyl groups is 1. The Morgan fingerprint density at radius 1 is 0.275 bits per heavy atom. The third-order valence-corrected chi connectivity index (χ3v) is 9.47. The highest BCUT2D eigenvalue weighted by atomic mass is 16.3. The fourth-order valence-corrected chi connectivity index (χ4v) is 6.58. The molecular weight excluding hydrogens is 484 g/mol. The molecule has 0 spiro atoms. The van der Waals surface area contributed by atoms with Gasteiger partial charge in [0.2, 0.25) is 0 Å². The van der Waals surface area contributed by atoms with Gasteiger partial charge in [0.1, 0.15) is 0 Å². The number of unbranched alkanes of at least 4 members (excludes halogenated alkanes) is 30. The van der Waals surface area contributed by atoms with Crippen LogP contribution in [-0.2, 0) is 0 Å². The SMILES string of the molecule is CCCCCCCCCCCCCCCCCCC(CCO)CCCCCCCCCCCCCCCCCC. The molecular formula is C39H80O. The first kappa shape index (κ1) is 40.0. The van der Waals surface area contributed by atoms with Gasteiger partial charge in [-0.15, -0.1) is 0 Å². The molecule has 0 aliphatic rings. The highest BCUT2D eigenvalue weighted by Crippen LogP contribution is 2.22. The molecule has 1 N–H and O–H groups in total. The summed E-state index contributed by atoms with van der Waals surface area (Å²) in [7, 11) is 0. The Morgan fingerprint density at radius 3 is 0.675 bits per heavy atom. The van der Waals surface area contributed by atoms with Crippen LogP contribution in [0.15, 0.2) is 0 Å². The van der Waals surface area contributed by atoms with Crippen LogP contribution in [0, 0.1) is 5.92 Å². The molecule has 1 heteroatoms. The molecule has 0 saturated heterocycles. The highest BCUT2D eigenvalue weighted by Gasteiger charge is 2.08. The lowest BCUT2D eigenvalue weighted by atomic mass is 9.91. The predicted octanol–water partition coefficient (Wildman–Crippen LogP) is 14.3. The molecule has 242 valence electrons. The molecule has 40 heavy (non-hydrogen) atoms. The van der Waals surface area contributed by atoms with Gasteiger partial charge in [-0.2, -0.15) is 0 Å². The van der Waals surface area contributed by atoms with E-state index in [4.69, 9.17) is 0 Å². The fraction of sp³-hybridized carbons (Fsp3) is 1.00. The minimum Gasteiger partial charge on any atom is -0.396 e. The zero-order chi connectivity index (χ0) is 29.0. The number of hydrogen-bond acceptors (Lipinski definition) is 1. The van der Waals surface area contributed by atoms with Crippen molar-refractivity contribution in [3.63, 3.8) is 0 Å². The third-order valence-electron chi connectivity index (χ3n) is 9.47. The van der Waals surface area contributed by atoms with Crippen molar-refractivity contribution >= 4 is 0 Å². The maximum absolute atomic E-state index is 9.51. The lowest BCUT2D eigenvalue weighted by Gasteiger charge is -2.15. The third kappa shape index (κ3) is 34.2. The van der Waals surface area contributed by atoms with Gasteiger partial charge in [0.15, 0.2) is 0 Å². The van der Waals surface area contributed by atoms with Gasteiger partial charge in [0.25, 0.3) is 0 Å². The molecule has 1 nitrogen and oxygen atoms in total. The van der Waals surface area contributed by atoms with E-state index >= 15 is 0 Å². The summed E-state index contributed by atoms with van der Waals surface area (Å²) in [5.41, 5.74) is 0. The largest absolute Gasteiger partial charge is 0.396 e. The molecule has 0 bridgehead atoms. The van der Waals surface area contributed by atoms with Crippen LogP contribution in [0.4, 0.5) is 0 Å². The highest BCUT2D eigenvalue weighted by molar-refractivity contribution is 4.61. The summed E-state index contributed by atoms with van der Waals surface area (Å²) in [5, 5.41) is 9.51. The van der Waals surface area contributed by atoms with Gasteiger partial charge in [-0.05, 0) is 12.3 Å². The zero-order valence-corrected chi connectivity index (χ0v) is 28.5. The van der Waals surface area contributed by atoms with Crippen molar-refractivity contribution < 1.29 is 5.11 Å². The Labute approximate surface area is 255 Å². The van der Waals surface area contributed by atoms with Crippen LogP contribution in [0.5, 0.6) is 0 Å². The summed E-state index contributed by atoms with van der Waals surface area (Å²) in [5.74, 6) is 0.781. The monoisotopic (exact) mass is 565 g/mol. The smallest absolute Gasteiger partial charge is 0.0433 e. The predicted molar refractivity (Wildman–Crippen MR) is 184 cm³/mol. The average molecular weight is 565 g/mol. The Hall–Kier alpha value is -0.0400. The van der Waals surface area contributed by atoms with Gasteiger partial charge in [0.05, 0.1) is 0 Å². The molecule has 0 amide bonds. The van der Waals surface area contributed by atoms with Crippen molar-refractivity contribution in [3.8, 4) is 0 Å². The molecule has 0 saturated carbocycles. The summed E-state index contributed by atoms with van der Waals surface area (Å²) in [6.45, 7) is 5.00. The van der Waals surface area contributed by atoms with Gasteiger partial charge in [0, 0.05) is 6.61 Å². The second kappa shape index (κ2) is 37.0. The van der Waals surface area contributed by atoms with E-state index in [0.29, 0.717) is 6.61 Å². The molecule has 0 aromatic heterocycles. The van der Waals surface area contributed by atoms with Crippen LogP contribution >= 0.6 is 0 Å². The molecule has 0 unspecified atom stereocenters. The van der Waals surface area contributed by atoms with Crippen molar-refractivity contribution in [2.75, 3.05) is 6.61 Å². The fourth-order valence-electron chi connectivity index (χ4n) is 6.58. The Kier molecular flexibility index (Phi) is 36.9.